The Labute approximate surface area is 189 Å². The van der Waals surface area contributed by atoms with Crippen molar-refractivity contribution in [2.45, 2.75) is 45.4 Å². The van der Waals surface area contributed by atoms with Gasteiger partial charge in [-0.2, -0.15) is 0 Å². The van der Waals surface area contributed by atoms with E-state index in [1.807, 2.05) is 0 Å². The lowest BCUT2D eigenvalue weighted by Crippen LogP contribution is -2.25. The normalized spacial score (nSPS) is 18.4. The van der Waals surface area contributed by atoms with Crippen molar-refractivity contribution in [2.75, 3.05) is 18.1 Å². The predicted octanol–water partition coefficient (Wildman–Crippen LogP) is 4.77. The van der Waals surface area contributed by atoms with Gasteiger partial charge in [0.1, 0.15) is 5.75 Å². The minimum atomic E-state index is -0.439. The van der Waals surface area contributed by atoms with Gasteiger partial charge in [-0.1, -0.05) is 25.5 Å². The molecule has 4 N–H and O–H groups in total. The molecule has 0 aromatic heterocycles. The molecule has 0 bridgehead atoms. The summed E-state index contributed by atoms with van der Waals surface area (Å²) in [5.74, 6) is 0.673. The summed E-state index contributed by atoms with van der Waals surface area (Å²) >= 11 is 0. The van der Waals surface area contributed by atoms with Gasteiger partial charge in [-0.3, -0.25) is 4.79 Å². The predicted molar refractivity (Wildman–Crippen MR) is 127 cm³/mol. The van der Waals surface area contributed by atoms with Gasteiger partial charge in [0.15, 0.2) is 0 Å². The van der Waals surface area contributed by atoms with Gasteiger partial charge >= 0.3 is 11.9 Å². The lowest BCUT2D eigenvalue weighted by molar-refractivity contribution is -0.140. The molecule has 0 spiro atoms. The SMILES string of the molecule is CCC1CCC(C(=O)Oc2ccc(C=CC(=O)OCCc3cc(N)ccc3N)cc2)CC1. The van der Waals surface area contributed by atoms with Crippen molar-refractivity contribution in [3.05, 3.63) is 59.7 Å². The number of rotatable bonds is 8. The largest absolute Gasteiger partial charge is 0.462 e. The molecule has 0 atom stereocenters. The molecule has 32 heavy (non-hydrogen) atoms. The van der Waals surface area contributed by atoms with Crippen LogP contribution in [0, 0.1) is 11.8 Å². The number of benzene rings is 2. The second-order valence-corrected chi connectivity index (χ2v) is 8.33. The first kappa shape index (κ1) is 23.4. The standard InChI is InChI=1S/C26H32N2O4/c1-2-18-3-8-20(9-4-18)26(30)32-23-11-5-19(6-12-23)7-14-25(29)31-16-15-21-17-22(27)10-13-24(21)28/h5-7,10-14,17-18,20H,2-4,8-9,15-16,27-28H2,1H3. The second-order valence-electron chi connectivity index (χ2n) is 8.33. The smallest absolute Gasteiger partial charge is 0.330 e. The summed E-state index contributed by atoms with van der Waals surface area (Å²) < 4.78 is 10.8. The lowest BCUT2D eigenvalue weighted by Gasteiger charge is -2.26. The van der Waals surface area contributed by atoms with Gasteiger partial charge in [0.25, 0.3) is 0 Å². The van der Waals surface area contributed by atoms with Crippen LogP contribution in [0.1, 0.15) is 50.2 Å². The number of hydrogen-bond donors (Lipinski definition) is 2. The number of esters is 2. The Hall–Kier alpha value is -3.28. The van der Waals surface area contributed by atoms with Gasteiger partial charge in [-0.25, -0.2) is 4.79 Å². The van der Waals surface area contributed by atoms with Gasteiger partial charge in [-0.05, 0) is 79.1 Å². The first-order valence-electron chi connectivity index (χ1n) is 11.2. The Bertz CT molecular complexity index is 945. The number of hydrogen-bond acceptors (Lipinski definition) is 6. The minimum Gasteiger partial charge on any atom is -0.462 e. The van der Waals surface area contributed by atoms with Crippen molar-refractivity contribution >= 4 is 29.4 Å². The number of nitrogens with two attached hydrogens (primary N) is 2. The molecule has 1 fully saturated rings. The van der Waals surface area contributed by atoms with Crippen LogP contribution in [0.15, 0.2) is 48.5 Å². The van der Waals surface area contributed by atoms with Gasteiger partial charge in [0.2, 0.25) is 0 Å². The molecule has 0 saturated heterocycles. The van der Waals surface area contributed by atoms with Crippen molar-refractivity contribution in [3.8, 4) is 5.75 Å². The third-order valence-corrected chi connectivity index (χ3v) is 6.05. The van der Waals surface area contributed by atoms with Crippen LogP contribution in [0.4, 0.5) is 11.4 Å². The molecule has 1 aliphatic carbocycles. The first-order chi connectivity index (χ1) is 15.4. The molecule has 3 rings (SSSR count). The average Bonchev–Trinajstić information content (AvgIpc) is 2.81. The molecule has 0 heterocycles. The fourth-order valence-corrected chi connectivity index (χ4v) is 3.97. The Morgan fingerprint density at radius 3 is 2.44 bits per heavy atom. The van der Waals surface area contributed by atoms with Crippen molar-refractivity contribution < 1.29 is 19.1 Å². The summed E-state index contributed by atoms with van der Waals surface area (Å²) in [5, 5.41) is 0. The Balaban J connectivity index is 1.43. The number of carbonyl (C=O) groups is 2. The molecule has 0 radical (unpaired) electrons. The molecule has 2 aromatic rings. The molecule has 6 heteroatoms. The van der Waals surface area contributed by atoms with Crippen LogP contribution in [0.5, 0.6) is 5.75 Å². The monoisotopic (exact) mass is 436 g/mol. The summed E-state index contributed by atoms with van der Waals surface area (Å²) in [5.41, 5.74) is 14.6. The van der Waals surface area contributed by atoms with E-state index in [2.05, 4.69) is 6.92 Å². The van der Waals surface area contributed by atoms with Crippen LogP contribution < -0.4 is 16.2 Å². The van der Waals surface area contributed by atoms with Crippen molar-refractivity contribution in [3.63, 3.8) is 0 Å². The maximum absolute atomic E-state index is 12.4. The topological polar surface area (TPSA) is 105 Å². The van der Waals surface area contributed by atoms with E-state index in [1.165, 1.54) is 12.5 Å². The molecule has 1 saturated carbocycles. The Morgan fingerprint density at radius 1 is 1.03 bits per heavy atom. The van der Waals surface area contributed by atoms with Crippen LogP contribution in [-0.4, -0.2) is 18.5 Å². The molecular weight excluding hydrogens is 404 g/mol. The molecule has 6 nitrogen and oxygen atoms in total. The lowest BCUT2D eigenvalue weighted by atomic mass is 9.81. The average molecular weight is 437 g/mol. The van der Waals surface area contributed by atoms with E-state index in [0.29, 0.717) is 23.5 Å². The zero-order chi connectivity index (χ0) is 22.9. The van der Waals surface area contributed by atoms with Crippen LogP contribution in [0.3, 0.4) is 0 Å². The van der Waals surface area contributed by atoms with Crippen LogP contribution >= 0.6 is 0 Å². The molecule has 1 aliphatic rings. The van der Waals surface area contributed by atoms with E-state index in [4.69, 9.17) is 20.9 Å². The van der Waals surface area contributed by atoms with E-state index in [-0.39, 0.29) is 18.5 Å². The zero-order valence-electron chi connectivity index (χ0n) is 18.6. The third kappa shape index (κ3) is 6.87. The quantitative estimate of drug-likeness (QED) is 0.267. The molecule has 0 amide bonds. The highest BCUT2D eigenvalue weighted by Gasteiger charge is 2.26. The highest BCUT2D eigenvalue weighted by atomic mass is 16.5. The molecule has 0 unspecified atom stereocenters. The Morgan fingerprint density at radius 2 is 1.75 bits per heavy atom. The number of carbonyl (C=O) groups excluding carboxylic acids is 2. The summed E-state index contributed by atoms with van der Waals surface area (Å²) in [6.07, 6.45) is 8.73. The molecule has 0 aliphatic heterocycles. The van der Waals surface area contributed by atoms with Gasteiger partial charge < -0.3 is 20.9 Å². The van der Waals surface area contributed by atoms with Crippen LogP contribution in [0.2, 0.25) is 0 Å². The highest BCUT2D eigenvalue weighted by molar-refractivity contribution is 5.87. The summed E-state index contributed by atoms with van der Waals surface area (Å²) in [6, 6.07) is 12.3. The van der Waals surface area contributed by atoms with Crippen LogP contribution in [-0.2, 0) is 20.7 Å². The van der Waals surface area contributed by atoms with E-state index in [1.54, 1.807) is 48.5 Å². The minimum absolute atomic E-state index is 0.00480. The van der Waals surface area contributed by atoms with Crippen LogP contribution in [0.25, 0.3) is 6.08 Å². The van der Waals surface area contributed by atoms with E-state index < -0.39 is 5.97 Å². The maximum Gasteiger partial charge on any atom is 0.330 e. The fraction of sp³-hybridized carbons (Fsp3) is 0.385. The van der Waals surface area contributed by atoms with Gasteiger partial charge in [0, 0.05) is 23.9 Å². The summed E-state index contributed by atoms with van der Waals surface area (Å²) in [6.45, 7) is 2.42. The van der Waals surface area contributed by atoms with Crippen molar-refractivity contribution in [1.82, 2.24) is 0 Å². The summed E-state index contributed by atoms with van der Waals surface area (Å²) in [7, 11) is 0. The highest BCUT2D eigenvalue weighted by Crippen LogP contribution is 2.31. The fourth-order valence-electron chi connectivity index (χ4n) is 3.97. The van der Waals surface area contributed by atoms with Gasteiger partial charge in [-0.15, -0.1) is 0 Å². The van der Waals surface area contributed by atoms with Crippen molar-refractivity contribution in [1.29, 1.82) is 0 Å². The number of nitrogen functional groups attached to an aromatic ring is 2. The second kappa shape index (κ2) is 11.4. The number of anilines is 2. The Kier molecular flexibility index (Phi) is 8.31. The van der Waals surface area contributed by atoms with Crippen molar-refractivity contribution in [2.24, 2.45) is 11.8 Å². The third-order valence-electron chi connectivity index (χ3n) is 6.05. The molecule has 2 aromatic carbocycles. The van der Waals surface area contributed by atoms with E-state index >= 15 is 0 Å². The number of ether oxygens (including phenoxy) is 2. The maximum atomic E-state index is 12.4. The van der Waals surface area contributed by atoms with E-state index in [9.17, 15) is 9.59 Å². The zero-order valence-corrected chi connectivity index (χ0v) is 18.6. The first-order valence-corrected chi connectivity index (χ1v) is 11.2. The van der Waals surface area contributed by atoms with E-state index in [0.717, 1.165) is 42.7 Å². The molecule has 170 valence electrons. The summed E-state index contributed by atoms with van der Waals surface area (Å²) in [4.78, 5) is 24.3. The van der Waals surface area contributed by atoms with Gasteiger partial charge in [0.05, 0.1) is 12.5 Å². The molecular formula is C26H32N2O4.